The van der Waals surface area contributed by atoms with E-state index in [0.717, 1.165) is 23.2 Å². The molecule has 1 aromatic carbocycles. The minimum atomic E-state index is -4.20. The fraction of sp³-hybridized carbons (Fsp3) is 0.682. The maximum atomic E-state index is 14.1. The smallest absolute Gasteiger partial charge is 0.246 e. The van der Waals surface area contributed by atoms with Gasteiger partial charge in [-0.2, -0.15) is 4.31 Å². The summed E-state index contributed by atoms with van der Waals surface area (Å²) < 4.78 is 41.1. The van der Waals surface area contributed by atoms with E-state index in [4.69, 9.17) is 0 Å². The van der Waals surface area contributed by atoms with E-state index in [1.54, 1.807) is 0 Å². The van der Waals surface area contributed by atoms with Crippen LogP contribution in [0.25, 0.3) is 0 Å². The first kappa shape index (κ1) is 23.2. The molecule has 0 aliphatic heterocycles. The molecule has 2 bridgehead atoms. The normalized spacial score (nSPS) is 32.1. The summed E-state index contributed by atoms with van der Waals surface area (Å²) in [5.41, 5.74) is -2.10. The van der Waals surface area contributed by atoms with E-state index in [1.165, 1.54) is 39.1 Å². The van der Waals surface area contributed by atoms with Gasteiger partial charge in [0.25, 0.3) is 0 Å². The van der Waals surface area contributed by atoms with Crippen LogP contribution in [0, 0.1) is 23.6 Å². The molecule has 2 N–H and O–H groups in total. The molecule has 0 saturated heterocycles. The van der Waals surface area contributed by atoms with Crippen LogP contribution in [0.15, 0.2) is 29.2 Å². The third-order valence-corrected chi connectivity index (χ3v) is 9.08. The predicted octanol–water partition coefficient (Wildman–Crippen LogP) is 2.92. The average molecular weight is 441 g/mol. The molecule has 3 rings (SSSR count). The first-order chi connectivity index (χ1) is 13.8. The Morgan fingerprint density at radius 3 is 2.50 bits per heavy atom. The number of benzene rings is 1. The summed E-state index contributed by atoms with van der Waals surface area (Å²) >= 11 is 0. The Labute approximate surface area is 178 Å². The molecule has 168 valence electrons. The third-order valence-electron chi connectivity index (χ3n) is 7.01. The number of halogens is 1. The number of carbonyl (C=O) groups is 1. The molecule has 2 aliphatic carbocycles. The third kappa shape index (κ3) is 4.14. The number of fused-ring (bicyclic) bond motifs is 2. The zero-order valence-corrected chi connectivity index (χ0v) is 19.2. The van der Waals surface area contributed by atoms with Crippen molar-refractivity contribution in [3.8, 4) is 0 Å². The summed E-state index contributed by atoms with van der Waals surface area (Å²) in [6.07, 6.45) is 2.96. The highest BCUT2D eigenvalue weighted by atomic mass is 32.2. The molecule has 5 unspecified atom stereocenters. The topological polar surface area (TPSA) is 86.7 Å². The molecular weight excluding hydrogens is 407 g/mol. The largest absolute Gasteiger partial charge is 0.390 e. The van der Waals surface area contributed by atoms with Gasteiger partial charge >= 0.3 is 0 Å². The van der Waals surface area contributed by atoms with E-state index < -0.39 is 37.8 Å². The number of amides is 1. The first-order valence-electron chi connectivity index (χ1n) is 10.5. The second-order valence-electron chi connectivity index (χ2n) is 9.88. The van der Waals surface area contributed by atoms with E-state index in [9.17, 15) is 22.7 Å². The van der Waals surface area contributed by atoms with Crippen molar-refractivity contribution < 1.29 is 22.7 Å². The zero-order valence-electron chi connectivity index (χ0n) is 18.4. The summed E-state index contributed by atoms with van der Waals surface area (Å²) in [4.78, 5) is 12.8. The lowest BCUT2D eigenvalue weighted by Crippen LogP contribution is -2.62. The van der Waals surface area contributed by atoms with Crippen molar-refractivity contribution in [2.24, 2.45) is 17.8 Å². The molecule has 1 aromatic rings. The number of hydrogen-bond acceptors (Lipinski definition) is 4. The van der Waals surface area contributed by atoms with Gasteiger partial charge in [-0.25, -0.2) is 12.8 Å². The van der Waals surface area contributed by atoms with Crippen LogP contribution in [-0.2, 0) is 14.8 Å². The van der Waals surface area contributed by atoms with Gasteiger partial charge < -0.3 is 10.4 Å². The highest BCUT2D eigenvalue weighted by Crippen LogP contribution is 2.47. The van der Waals surface area contributed by atoms with Gasteiger partial charge in [-0.1, -0.05) is 26.0 Å². The molecule has 6 nitrogen and oxygen atoms in total. The SMILES string of the molecule is CC1CC2CC(O)(C1)CC(C)C2NC(=O)C(C)(C)N(C)S(=O)(=O)c1ccccc1F. The van der Waals surface area contributed by atoms with Crippen LogP contribution in [0.2, 0.25) is 0 Å². The Morgan fingerprint density at radius 2 is 1.87 bits per heavy atom. The number of nitrogens with one attached hydrogen (secondary N) is 1. The molecule has 2 fully saturated rings. The van der Waals surface area contributed by atoms with Crippen LogP contribution >= 0.6 is 0 Å². The van der Waals surface area contributed by atoms with Crippen LogP contribution in [0.5, 0.6) is 0 Å². The van der Waals surface area contributed by atoms with Gasteiger partial charge in [-0.15, -0.1) is 0 Å². The van der Waals surface area contributed by atoms with Crippen molar-refractivity contribution in [1.29, 1.82) is 0 Å². The Morgan fingerprint density at radius 1 is 1.23 bits per heavy atom. The Bertz CT molecular complexity index is 915. The van der Waals surface area contributed by atoms with Crippen molar-refractivity contribution in [3.63, 3.8) is 0 Å². The molecule has 30 heavy (non-hydrogen) atoms. The molecule has 8 heteroatoms. The van der Waals surface area contributed by atoms with E-state index in [1.807, 2.05) is 6.92 Å². The summed E-state index contributed by atoms with van der Waals surface area (Å²) in [5, 5.41) is 13.9. The van der Waals surface area contributed by atoms with Gasteiger partial charge in [0.15, 0.2) is 0 Å². The van der Waals surface area contributed by atoms with E-state index >= 15 is 0 Å². The van der Waals surface area contributed by atoms with Crippen LogP contribution in [0.3, 0.4) is 0 Å². The molecular formula is C22H33FN2O4S. The van der Waals surface area contributed by atoms with E-state index in [0.29, 0.717) is 18.8 Å². The molecule has 0 aromatic heterocycles. The number of sulfonamides is 1. The molecule has 0 spiro atoms. The summed E-state index contributed by atoms with van der Waals surface area (Å²) in [7, 11) is -2.91. The minimum absolute atomic E-state index is 0.0782. The Hall–Kier alpha value is -1.51. The lowest BCUT2D eigenvalue weighted by atomic mass is 9.60. The fourth-order valence-corrected chi connectivity index (χ4v) is 6.91. The number of rotatable bonds is 5. The molecule has 1 amide bonds. The summed E-state index contributed by atoms with van der Waals surface area (Å²) in [5.74, 6) is -0.676. The van der Waals surface area contributed by atoms with Crippen LogP contribution in [0.1, 0.15) is 53.4 Å². The van der Waals surface area contributed by atoms with Gasteiger partial charge in [0, 0.05) is 13.1 Å². The van der Waals surface area contributed by atoms with E-state index in [2.05, 4.69) is 12.2 Å². The average Bonchev–Trinajstić information content (AvgIpc) is 2.63. The number of aliphatic hydroxyl groups is 1. The molecule has 0 radical (unpaired) electrons. The second kappa shape index (κ2) is 7.88. The number of hydrogen-bond donors (Lipinski definition) is 2. The summed E-state index contributed by atoms with van der Waals surface area (Å²) in [6, 6.07) is 5.02. The standard InChI is InChI=1S/C22H33FN2O4S/c1-14-10-16-13-22(27,11-14)12-15(2)19(16)24-20(26)21(3,4)25(5)30(28,29)18-9-7-6-8-17(18)23/h6-9,14-16,19,27H,10-13H2,1-5H3,(H,24,26). The second-order valence-corrected chi connectivity index (χ2v) is 11.8. The molecule has 2 aliphatic rings. The van der Waals surface area contributed by atoms with Crippen molar-refractivity contribution in [2.45, 2.75) is 75.5 Å². The van der Waals surface area contributed by atoms with Gasteiger partial charge in [0.2, 0.25) is 15.9 Å². The number of nitrogens with zero attached hydrogens (tertiary/aromatic N) is 1. The van der Waals surface area contributed by atoms with Crippen LogP contribution in [-0.4, -0.2) is 48.0 Å². The lowest BCUT2D eigenvalue weighted by molar-refractivity contribution is -0.135. The van der Waals surface area contributed by atoms with Crippen LogP contribution < -0.4 is 5.32 Å². The highest BCUT2D eigenvalue weighted by Gasteiger charge is 2.50. The Balaban J connectivity index is 1.81. The first-order valence-corrected chi connectivity index (χ1v) is 12.0. The van der Waals surface area contributed by atoms with Crippen molar-refractivity contribution >= 4 is 15.9 Å². The van der Waals surface area contributed by atoms with Crippen molar-refractivity contribution in [2.75, 3.05) is 7.05 Å². The van der Waals surface area contributed by atoms with Crippen LogP contribution in [0.4, 0.5) is 4.39 Å². The Kier molecular flexibility index (Phi) is 6.08. The fourth-order valence-electron chi connectivity index (χ4n) is 5.37. The van der Waals surface area contributed by atoms with Gasteiger partial charge in [-0.05, 0) is 69.4 Å². The number of carbonyl (C=O) groups excluding carboxylic acids is 1. The molecule has 5 atom stereocenters. The maximum Gasteiger partial charge on any atom is 0.246 e. The maximum absolute atomic E-state index is 14.1. The van der Waals surface area contributed by atoms with Gasteiger partial charge in [0.05, 0.1) is 5.60 Å². The number of likely N-dealkylation sites (N-methyl/N-ethyl adjacent to an activating group) is 1. The predicted molar refractivity (Wildman–Crippen MR) is 113 cm³/mol. The van der Waals surface area contributed by atoms with Crippen molar-refractivity contribution in [3.05, 3.63) is 30.1 Å². The van der Waals surface area contributed by atoms with Gasteiger partial charge in [0.1, 0.15) is 16.3 Å². The highest BCUT2D eigenvalue weighted by molar-refractivity contribution is 7.89. The quantitative estimate of drug-likeness (QED) is 0.737. The zero-order chi connectivity index (χ0) is 22.5. The minimum Gasteiger partial charge on any atom is -0.390 e. The van der Waals surface area contributed by atoms with Gasteiger partial charge in [-0.3, -0.25) is 4.79 Å². The molecule has 0 heterocycles. The monoisotopic (exact) mass is 440 g/mol. The van der Waals surface area contributed by atoms with E-state index in [-0.39, 0.29) is 17.9 Å². The molecule has 2 saturated carbocycles. The lowest BCUT2D eigenvalue weighted by Gasteiger charge is -2.51. The van der Waals surface area contributed by atoms with Crippen molar-refractivity contribution in [1.82, 2.24) is 9.62 Å². The summed E-state index contributed by atoms with van der Waals surface area (Å²) in [6.45, 7) is 7.18.